The van der Waals surface area contributed by atoms with Crippen LogP contribution in [0.25, 0.3) is 10.8 Å². The van der Waals surface area contributed by atoms with Crippen molar-refractivity contribution in [3.63, 3.8) is 0 Å². The minimum absolute atomic E-state index is 0.0725. The number of fused-ring (bicyclic) bond motifs is 1. The Balaban J connectivity index is 1.96. The third-order valence-electron chi connectivity index (χ3n) is 3.97. The zero-order valence-electron chi connectivity index (χ0n) is 10.9. The van der Waals surface area contributed by atoms with Crippen molar-refractivity contribution in [1.29, 1.82) is 0 Å². The minimum atomic E-state index is 0.0725. The number of pyridine rings is 1. The Kier molecular flexibility index (Phi) is 3.25. The van der Waals surface area contributed by atoms with Gasteiger partial charge in [0.05, 0.1) is 0 Å². The number of hydrogen-bond donors (Lipinski definition) is 2. The lowest BCUT2D eigenvalue weighted by atomic mass is 9.98. The smallest absolute Gasteiger partial charge is 0.258 e. The molecule has 3 N–H and O–H groups in total. The molecule has 0 spiro atoms. The molecule has 1 aromatic heterocycles. The predicted molar refractivity (Wildman–Crippen MR) is 78.2 cm³/mol. The lowest BCUT2D eigenvalue weighted by Crippen LogP contribution is -2.32. The van der Waals surface area contributed by atoms with Crippen LogP contribution in [-0.4, -0.2) is 17.7 Å². The highest BCUT2D eigenvalue weighted by Crippen LogP contribution is 2.18. The van der Waals surface area contributed by atoms with Crippen LogP contribution in [0.2, 0.25) is 0 Å². The Morgan fingerprint density at radius 3 is 2.79 bits per heavy atom. The molecule has 0 unspecified atom stereocenters. The fraction of sp³-hybridized carbons (Fsp3) is 0.400. The van der Waals surface area contributed by atoms with Crippen LogP contribution in [0.3, 0.4) is 0 Å². The van der Waals surface area contributed by atoms with Gasteiger partial charge in [-0.1, -0.05) is 6.07 Å². The molecule has 0 radical (unpaired) electrons. The zero-order valence-corrected chi connectivity index (χ0v) is 10.9. The molecule has 0 aliphatic carbocycles. The maximum Gasteiger partial charge on any atom is 0.258 e. The van der Waals surface area contributed by atoms with Gasteiger partial charge >= 0.3 is 0 Å². The highest BCUT2D eigenvalue weighted by atomic mass is 16.1. The van der Waals surface area contributed by atoms with Gasteiger partial charge in [0.2, 0.25) is 0 Å². The number of hydrogen-bond acceptors (Lipinski definition) is 3. The molecule has 1 aliphatic rings. The number of nitrogens with one attached hydrogen (secondary N) is 1. The normalized spacial score (nSPS) is 16.8. The van der Waals surface area contributed by atoms with Crippen molar-refractivity contribution in [2.75, 3.05) is 18.8 Å². The van der Waals surface area contributed by atoms with E-state index < -0.39 is 0 Å². The Bertz CT molecular complexity index is 641. The van der Waals surface area contributed by atoms with E-state index in [1.807, 2.05) is 35.0 Å². The molecule has 4 heteroatoms. The maximum atomic E-state index is 12.4. The van der Waals surface area contributed by atoms with Gasteiger partial charge in [0.1, 0.15) is 0 Å². The molecule has 0 saturated carbocycles. The molecular formula is C15H19N3O. The van der Waals surface area contributed by atoms with E-state index in [9.17, 15) is 4.79 Å². The molecular weight excluding hydrogens is 238 g/mol. The predicted octanol–water partition coefficient (Wildman–Crippen LogP) is 1.58. The number of nitrogens with zero attached hydrogens (tertiary/aromatic N) is 1. The lowest BCUT2D eigenvalue weighted by Gasteiger charge is -2.23. The van der Waals surface area contributed by atoms with E-state index in [0.717, 1.165) is 43.2 Å². The van der Waals surface area contributed by atoms with Gasteiger partial charge in [-0.05, 0) is 50.0 Å². The molecule has 100 valence electrons. The monoisotopic (exact) mass is 257 g/mol. The van der Waals surface area contributed by atoms with Crippen LogP contribution >= 0.6 is 0 Å². The molecule has 0 atom stereocenters. The van der Waals surface area contributed by atoms with Crippen LogP contribution in [0.5, 0.6) is 0 Å². The summed E-state index contributed by atoms with van der Waals surface area (Å²) in [7, 11) is 0. The Morgan fingerprint density at radius 2 is 2.00 bits per heavy atom. The number of piperidine rings is 1. The minimum Gasteiger partial charge on any atom is -0.398 e. The zero-order chi connectivity index (χ0) is 13.2. The fourth-order valence-corrected chi connectivity index (χ4v) is 2.83. The van der Waals surface area contributed by atoms with E-state index in [-0.39, 0.29) is 5.56 Å². The first kappa shape index (κ1) is 12.2. The van der Waals surface area contributed by atoms with Crippen molar-refractivity contribution in [2.24, 2.45) is 5.92 Å². The number of anilines is 1. The molecule has 1 aliphatic heterocycles. The van der Waals surface area contributed by atoms with Gasteiger partial charge in [0, 0.05) is 29.2 Å². The van der Waals surface area contributed by atoms with Gasteiger partial charge in [-0.2, -0.15) is 0 Å². The second-order valence-corrected chi connectivity index (χ2v) is 5.28. The lowest BCUT2D eigenvalue weighted by molar-refractivity contribution is 0.330. The van der Waals surface area contributed by atoms with Gasteiger partial charge in [0.25, 0.3) is 5.56 Å². The molecule has 3 rings (SSSR count). The second kappa shape index (κ2) is 5.05. The van der Waals surface area contributed by atoms with Gasteiger partial charge in [-0.25, -0.2) is 0 Å². The molecule has 2 aromatic rings. The van der Waals surface area contributed by atoms with Gasteiger partial charge < -0.3 is 15.6 Å². The van der Waals surface area contributed by atoms with Crippen molar-refractivity contribution < 1.29 is 0 Å². The Hall–Kier alpha value is -1.81. The second-order valence-electron chi connectivity index (χ2n) is 5.28. The van der Waals surface area contributed by atoms with E-state index >= 15 is 0 Å². The largest absolute Gasteiger partial charge is 0.398 e. The van der Waals surface area contributed by atoms with Crippen LogP contribution in [0.1, 0.15) is 12.8 Å². The number of rotatable bonds is 2. The van der Waals surface area contributed by atoms with Crippen LogP contribution in [0.4, 0.5) is 5.69 Å². The molecule has 4 nitrogen and oxygen atoms in total. The molecule has 0 amide bonds. The van der Waals surface area contributed by atoms with E-state index in [0.29, 0.717) is 11.6 Å². The first-order chi connectivity index (χ1) is 9.25. The van der Waals surface area contributed by atoms with Crippen LogP contribution in [0, 0.1) is 5.92 Å². The van der Waals surface area contributed by atoms with Crippen molar-refractivity contribution >= 4 is 16.5 Å². The van der Waals surface area contributed by atoms with Crippen molar-refractivity contribution in [3.8, 4) is 0 Å². The highest BCUT2D eigenvalue weighted by Gasteiger charge is 2.14. The average Bonchev–Trinajstić information content (AvgIpc) is 2.44. The molecule has 1 aromatic carbocycles. The topological polar surface area (TPSA) is 60.1 Å². The summed E-state index contributed by atoms with van der Waals surface area (Å²) < 4.78 is 1.83. The molecule has 2 heterocycles. The Morgan fingerprint density at radius 1 is 1.21 bits per heavy atom. The summed E-state index contributed by atoms with van der Waals surface area (Å²) in [6.07, 6.45) is 4.16. The highest BCUT2D eigenvalue weighted by molar-refractivity contribution is 5.91. The number of nitrogen functional groups attached to an aromatic ring is 1. The fourth-order valence-electron chi connectivity index (χ4n) is 2.83. The van der Waals surface area contributed by atoms with Crippen molar-refractivity contribution in [3.05, 3.63) is 40.8 Å². The third-order valence-corrected chi connectivity index (χ3v) is 3.97. The summed E-state index contributed by atoms with van der Waals surface area (Å²) in [6, 6.07) is 7.48. The molecule has 1 saturated heterocycles. The maximum absolute atomic E-state index is 12.4. The quantitative estimate of drug-likeness (QED) is 0.803. The standard InChI is InChI=1S/C15H19N3O/c16-14-3-1-2-13-12(14)6-9-18(15(13)19)10-11-4-7-17-8-5-11/h1-3,6,9,11,17H,4-5,7-8,10,16H2. The Labute approximate surface area is 112 Å². The summed E-state index contributed by atoms with van der Waals surface area (Å²) in [5.41, 5.74) is 6.65. The summed E-state index contributed by atoms with van der Waals surface area (Å²) in [4.78, 5) is 12.4. The first-order valence-corrected chi connectivity index (χ1v) is 6.84. The van der Waals surface area contributed by atoms with Crippen LogP contribution in [0.15, 0.2) is 35.3 Å². The molecule has 19 heavy (non-hydrogen) atoms. The van der Waals surface area contributed by atoms with Crippen LogP contribution in [-0.2, 0) is 6.54 Å². The van der Waals surface area contributed by atoms with Crippen LogP contribution < -0.4 is 16.6 Å². The third kappa shape index (κ3) is 2.36. The van der Waals surface area contributed by atoms with E-state index in [2.05, 4.69) is 5.32 Å². The van der Waals surface area contributed by atoms with Gasteiger partial charge in [-0.3, -0.25) is 4.79 Å². The van der Waals surface area contributed by atoms with E-state index in [1.165, 1.54) is 0 Å². The van der Waals surface area contributed by atoms with Gasteiger partial charge in [0.15, 0.2) is 0 Å². The summed E-state index contributed by atoms with van der Waals surface area (Å²) in [6.45, 7) is 2.92. The summed E-state index contributed by atoms with van der Waals surface area (Å²) >= 11 is 0. The van der Waals surface area contributed by atoms with Crippen molar-refractivity contribution in [1.82, 2.24) is 9.88 Å². The SMILES string of the molecule is Nc1cccc2c(=O)n(CC3CCNCC3)ccc12. The van der Waals surface area contributed by atoms with E-state index in [1.54, 1.807) is 0 Å². The number of aromatic nitrogens is 1. The van der Waals surface area contributed by atoms with E-state index in [4.69, 9.17) is 5.73 Å². The summed E-state index contributed by atoms with van der Waals surface area (Å²) in [5.74, 6) is 0.595. The van der Waals surface area contributed by atoms with Gasteiger partial charge in [-0.15, -0.1) is 0 Å². The first-order valence-electron chi connectivity index (χ1n) is 6.84. The molecule has 0 bridgehead atoms. The van der Waals surface area contributed by atoms with Crippen molar-refractivity contribution in [2.45, 2.75) is 19.4 Å². The number of nitrogens with two attached hydrogens (primary N) is 1. The summed E-state index contributed by atoms with van der Waals surface area (Å²) in [5, 5.41) is 4.92. The average molecular weight is 257 g/mol. The number of benzene rings is 1. The molecule has 1 fully saturated rings.